The average Bonchev–Trinajstić information content (AvgIpc) is 2.90. The molecule has 0 amide bonds. The highest BCUT2D eigenvalue weighted by Crippen LogP contribution is 2.18. The summed E-state index contributed by atoms with van der Waals surface area (Å²) in [7, 11) is 1.39. The van der Waals surface area contributed by atoms with Crippen molar-refractivity contribution in [2.75, 3.05) is 7.11 Å². The minimum atomic E-state index is -0.481. The van der Waals surface area contributed by atoms with E-state index < -0.39 is 11.8 Å². The van der Waals surface area contributed by atoms with E-state index in [1.54, 1.807) is 24.4 Å². The van der Waals surface area contributed by atoms with Crippen LogP contribution in [0, 0.1) is 5.82 Å². The fraction of sp³-hybridized carbons (Fsp3) is 0.154. The highest BCUT2D eigenvalue weighted by molar-refractivity contribution is 5.87. The van der Waals surface area contributed by atoms with E-state index in [1.807, 2.05) is 0 Å². The van der Waals surface area contributed by atoms with Crippen LogP contribution in [0.1, 0.15) is 16.1 Å². The maximum Gasteiger partial charge on any atom is 0.355 e. The summed E-state index contributed by atoms with van der Waals surface area (Å²) in [5, 5.41) is 0. The van der Waals surface area contributed by atoms with Crippen LogP contribution in [0.25, 0.3) is 0 Å². The lowest BCUT2D eigenvalue weighted by atomic mass is 10.2. The van der Waals surface area contributed by atoms with E-state index in [1.165, 1.54) is 19.2 Å². The van der Waals surface area contributed by atoms with Gasteiger partial charge in [-0.05, 0) is 29.8 Å². The fourth-order valence-electron chi connectivity index (χ4n) is 1.48. The summed E-state index contributed by atoms with van der Waals surface area (Å²) in [6.07, 6.45) is 1.63. The van der Waals surface area contributed by atoms with Gasteiger partial charge in [0.25, 0.3) is 0 Å². The molecule has 0 aliphatic rings. The molecule has 2 rings (SSSR count). The molecule has 1 aromatic carbocycles. The van der Waals surface area contributed by atoms with Gasteiger partial charge in [-0.1, -0.05) is 6.07 Å². The van der Waals surface area contributed by atoms with Crippen molar-refractivity contribution in [2.45, 2.75) is 6.61 Å². The number of benzene rings is 1. The molecule has 2 aromatic rings. The lowest BCUT2D eigenvalue weighted by Gasteiger charge is -2.06. The first-order chi connectivity index (χ1) is 8.70. The van der Waals surface area contributed by atoms with Crippen LogP contribution in [0.15, 0.2) is 36.5 Å². The lowest BCUT2D eigenvalue weighted by molar-refractivity contribution is 0.0466. The summed E-state index contributed by atoms with van der Waals surface area (Å²) in [6, 6.07) is 7.72. The molecule has 1 heterocycles. The van der Waals surface area contributed by atoms with E-state index in [0.29, 0.717) is 11.3 Å². The molecular formula is C13H12FNO3. The summed E-state index contributed by atoms with van der Waals surface area (Å²) in [5.41, 5.74) is 0.928. The number of H-pyrrole nitrogens is 1. The van der Waals surface area contributed by atoms with Gasteiger partial charge in [-0.2, -0.15) is 0 Å². The molecule has 0 aliphatic carbocycles. The van der Waals surface area contributed by atoms with Crippen molar-refractivity contribution in [3.8, 4) is 5.75 Å². The van der Waals surface area contributed by atoms with Gasteiger partial charge in [0.2, 0.25) is 0 Å². The van der Waals surface area contributed by atoms with Crippen molar-refractivity contribution in [2.24, 2.45) is 0 Å². The van der Waals surface area contributed by atoms with Gasteiger partial charge in [0.05, 0.1) is 7.11 Å². The van der Waals surface area contributed by atoms with E-state index in [2.05, 4.69) is 4.98 Å². The smallest absolute Gasteiger partial charge is 0.355 e. The third kappa shape index (κ3) is 2.68. The maximum absolute atomic E-state index is 13.4. The monoisotopic (exact) mass is 249 g/mol. The molecule has 1 aromatic heterocycles. The number of rotatable bonds is 4. The zero-order chi connectivity index (χ0) is 13.0. The third-order valence-electron chi connectivity index (χ3n) is 2.40. The highest BCUT2D eigenvalue weighted by atomic mass is 19.1. The van der Waals surface area contributed by atoms with Crippen LogP contribution in [0.4, 0.5) is 4.39 Å². The van der Waals surface area contributed by atoms with E-state index in [0.717, 1.165) is 0 Å². The first-order valence-corrected chi connectivity index (χ1v) is 5.33. The van der Waals surface area contributed by atoms with Crippen LogP contribution in [0.5, 0.6) is 5.75 Å². The standard InChI is InChI=1S/C13H12FNO3/c1-17-12-5-4-9(7-10(12)14)8-18-13(16)11-3-2-6-15-11/h2-7,15H,8H2,1H3. The number of hydrogen-bond acceptors (Lipinski definition) is 3. The molecule has 0 spiro atoms. The first-order valence-electron chi connectivity index (χ1n) is 5.33. The molecule has 18 heavy (non-hydrogen) atoms. The lowest BCUT2D eigenvalue weighted by Crippen LogP contribution is -2.05. The largest absolute Gasteiger partial charge is 0.494 e. The zero-order valence-electron chi connectivity index (χ0n) is 9.77. The Labute approximate surface area is 103 Å². The Balaban J connectivity index is 1.98. The second kappa shape index (κ2) is 5.35. The SMILES string of the molecule is COc1ccc(COC(=O)c2ccc[nH]2)cc1F. The van der Waals surface area contributed by atoms with E-state index in [9.17, 15) is 9.18 Å². The average molecular weight is 249 g/mol. The highest BCUT2D eigenvalue weighted by Gasteiger charge is 2.09. The summed E-state index contributed by atoms with van der Waals surface area (Å²) in [6.45, 7) is 0.0127. The van der Waals surface area contributed by atoms with Crippen molar-refractivity contribution in [3.63, 3.8) is 0 Å². The van der Waals surface area contributed by atoms with Gasteiger partial charge in [0, 0.05) is 6.20 Å². The second-order valence-corrected chi connectivity index (χ2v) is 3.63. The Kier molecular flexibility index (Phi) is 3.62. The summed E-state index contributed by atoms with van der Waals surface area (Å²) in [4.78, 5) is 14.2. The number of ether oxygens (including phenoxy) is 2. The molecule has 1 N–H and O–H groups in total. The Morgan fingerprint density at radius 2 is 2.22 bits per heavy atom. The Morgan fingerprint density at radius 1 is 1.39 bits per heavy atom. The van der Waals surface area contributed by atoms with Crippen LogP contribution in [-0.2, 0) is 11.3 Å². The van der Waals surface area contributed by atoms with Crippen molar-refractivity contribution in [1.82, 2.24) is 4.98 Å². The topological polar surface area (TPSA) is 51.3 Å². The predicted molar refractivity (Wildman–Crippen MR) is 62.9 cm³/mol. The van der Waals surface area contributed by atoms with Crippen LogP contribution in [0.3, 0.4) is 0 Å². The summed E-state index contributed by atoms with van der Waals surface area (Å²) in [5.74, 6) is -0.795. The minimum absolute atomic E-state index is 0.0127. The minimum Gasteiger partial charge on any atom is -0.494 e. The number of carbonyl (C=O) groups excluding carboxylic acids is 1. The number of hydrogen-bond donors (Lipinski definition) is 1. The molecule has 0 unspecified atom stereocenters. The van der Waals surface area contributed by atoms with Crippen molar-refractivity contribution in [3.05, 3.63) is 53.6 Å². The van der Waals surface area contributed by atoms with Crippen LogP contribution in [-0.4, -0.2) is 18.1 Å². The van der Waals surface area contributed by atoms with E-state index >= 15 is 0 Å². The maximum atomic E-state index is 13.4. The molecule has 5 heteroatoms. The quantitative estimate of drug-likeness (QED) is 0.847. The number of methoxy groups -OCH3 is 1. The molecule has 0 fully saturated rings. The molecule has 0 saturated carbocycles. The van der Waals surface area contributed by atoms with Gasteiger partial charge < -0.3 is 14.5 Å². The second-order valence-electron chi connectivity index (χ2n) is 3.63. The van der Waals surface area contributed by atoms with Gasteiger partial charge in [0.15, 0.2) is 11.6 Å². The number of aromatic nitrogens is 1. The number of carbonyl (C=O) groups is 1. The first kappa shape index (κ1) is 12.2. The molecular weight excluding hydrogens is 237 g/mol. The Bertz CT molecular complexity index is 537. The van der Waals surface area contributed by atoms with Crippen molar-refractivity contribution >= 4 is 5.97 Å². The number of esters is 1. The van der Waals surface area contributed by atoms with Crippen LogP contribution >= 0.6 is 0 Å². The number of nitrogens with one attached hydrogen (secondary N) is 1. The molecule has 0 saturated heterocycles. The van der Waals surface area contributed by atoms with Gasteiger partial charge in [-0.25, -0.2) is 9.18 Å². The molecule has 0 atom stereocenters. The van der Waals surface area contributed by atoms with Gasteiger partial charge >= 0.3 is 5.97 Å². The zero-order valence-corrected chi connectivity index (χ0v) is 9.77. The third-order valence-corrected chi connectivity index (χ3v) is 2.40. The number of aromatic amines is 1. The fourth-order valence-corrected chi connectivity index (χ4v) is 1.48. The van der Waals surface area contributed by atoms with Crippen LogP contribution < -0.4 is 4.74 Å². The Hall–Kier alpha value is -2.30. The van der Waals surface area contributed by atoms with Crippen molar-refractivity contribution in [1.29, 1.82) is 0 Å². The normalized spacial score (nSPS) is 10.1. The molecule has 0 radical (unpaired) electrons. The van der Waals surface area contributed by atoms with Gasteiger partial charge in [0.1, 0.15) is 12.3 Å². The molecule has 94 valence electrons. The van der Waals surface area contributed by atoms with E-state index in [-0.39, 0.29) is 12.4 Å². The van der Waals surface area contributed by atoms with Crippen molar-refractivity contribution < 1.29 is 18.7 Å². The summed E-state index contributed by atoms with van der Waals surface area (Å²) >= 11 is 0. The number of halogens is 1. The summed E-state index contributed by atoms with van der Waals surface area (Å²) < 4.78 is 23.2. The molecule has 4 nitrogen and oxygen atoms in total. The predicted octanol–water partition coefficient (Wildman–Crippen LogP) is 2.52. The van der Waals surface area contributed by atoms with E-state index in [4.69, 9.17) is 9.47 Å². The molecule has 0 bridgehead atoms. The molecule has 0 aliphatic heterocycles. The Morgan fingerprint density at radius 3 is 2.83 bits per heavy atom. The van der Waals surface area contributed by atoms with Crippen LogP contribution in [0.2, 0.25) is 0 Å². The van der Waals surface area contributed by atoms with Gasteiger partial charge in [-0.15, -0.1) is 0 Å². The van der Waals surface area contributed by atoms with Gasteiger partial charge in [-0.3, -0.25) is 0 Å².